The van der Waals surface area contributed by atoms with Crippen LogP contribution in [-0.2, 0) is 11.3 Å². The third-order valence-corrected chi connectivity index (χ3v) is 3.37. The Hall–Kier alpha value is -2.96. The molecule has 0 fully saturated rings. The number of pyridine rings is 1. The molecule has 0 amide bonds. The van der Waals surface area contributed by atoms with E-state index in [1.165, 1.54) is 0 Å². The zero-order valence-corrected chi connectivity index (χ0v) is 14.0. The second-order valence-corrected chi connectivity index (χ2v) is 4.88. The number of hydrogen-bond donors (Lipinski definition) is 2. The molecular formula is C17H21N3O4. The number of nitrogens with two attached hydrogens (primary N) is 1. The monoisotopic (exact) mass is 331 g/mol. The first-order valence-electron chi connectivity index (χ1n) is 7.47. The van der Waals surface area contributed by atoms with Gasteiger partial charge in [0.25, 0.3) is 0 Å². The molecule has 2 rings (SSSR count). The molecule has 0 unspecified atom stereocenters. The second kappa shape index (κ2) is 8.05. The highest BCUT2D eigenvalue weighted by Gasteiger charge is 2.12. The number of aromatic nitrogens is 1. The lowest BCUT2D eigenvalue weighted by atomic mass is 10.2. The van der Waals surface area contributed by atoms with E-state index in [1.807, 2.05) is 18.2 Å². The van der Waals surface area contributed by atoms with E-state index >= 15 is 0 Å². The first-order valence-corrected chi connectivity index (χ1v) is 7.47. The van der Waals surface area contributed by atoms with Crippen LogP contribution < -0.4 is 20.5 Å². The maximum absolute atomic E-state index is 11.7. The molecule has 128 valence electrons. The van der Waals surface area contributed by atoms with E-state index in [-0.39, 0.29) is 18.0 Å². The van der Waals surface area contributed by atoms with Crippen molar-refractivity contribution in [2.75, 3.05) is 31.9 Å². The topological polar surface area (TPSA) is 95.7 Å². The molecule has 0 spiro atoms. The number of hydrogen-bond acceptors (Lipinski definition) is 7. The molecule has 0 atom stereocenters. The van der Waals surface area contributed by atoms with Crippen molar-refractivity contribution in [1.82, 2.24) is 4.98 Å². The summed E-state index contributed by atoms with van der Waals surface area (Å²) in [5.74, 6) is 1.62. The van der Waals surface area contributed by atoms with Gasteiger partial charge in [0.1, 0.15) is 28.7 Å². The summed E-state index contributed by atoms with van der Waals surface area (Å²) in [5.41, 5.74) is 7.01. The number of carbonyl (C=O) groups excluding carboxylic acids is 1. The molecule has 0 radical (unpaired) electrons. The number of benzene rings is 1. The van der Waals surface area contributed by atoms with Crippen LogP contribution in [0.3, 0.4) is 0 Å². The molecule has 7 nitrogen and oxygen atoms in total. The zero-order chi connectivity index (χ0) is 17.5. The van der Waals surface area contributed by atoms with Gasteiger partial charge < -0.3 is 25.3 Å². The number of ether oxygens (including phenoxy) is 3. The molecule has 0 saturated heterocycles. The van der Waals surface area contributed by atoms with E-state index < -0.39 is 5.97 Å². The van der Waals surface area contributed by atoms with Gasteiger partial charge in [0.2, 0.25) is 0 Å². The Kier molecular flexibility index (Phi) is 5.83. The van der Waals surface area contributed by atoms with Gasteiger partial charge in [-0.25, -0.2) is 9.78 Å². The molecule has 3 N–H and O–H groups in total. The number of rotatable bonds is 7. The molecule has 24 heavy (non-hydrogen) atoms. The summed E-state index contributed by atoms with van der Waals surface area (Å²) in [7, 11) is 3.20. The quantitative estimate of drug-likeness (QED) is 0.752. The normalized spacial score (nSPS) is 10.1. The Morgan fingerprint density at radius 2 is 2.00 bits per heavy atom. The summed E-state index contributed by atoms with van der Waals surface area (Å²) in [4.78, 5) is 15.9. The number of nitrogens with one attached hydrogen (secondary N) is 1. The smallest absolute Gasteiger partial charge is 0.341 e. The summed E-state index contributed by atoms with van der Waals surface area (Å²) >= 11 is 0. The van der Waals surface area contributed by atoms with Crippen molar-refractivity contribution in [2.24, 2.45) is 0 Å². The molecule has 1 aromatic carbocycles. The summed E-state index contributed by atoms with van der Waals surface area (Å²) in [6.07, 6.45) is 0. The van der Waals surface area contributed by atoms with Crippen LogP contribution in [0.4, 0.5) is 11.6 Å². The minimum Gasteiger partial charge on any atom is -0.497 e. The summed E-state index contributed by atoms with van der Waals surface area (Å²) in [5, 5.41) is 3.15. The minimum absolute atomic E-state index is 0.125. The van der Waals surface area contributed by atoms with Gasteiger partial charge in [0.15, 0.2) is 0 Å². The largest absolute Gasteiger partial charge is 0.497 e. The van der Waals surface area contributed by atoms with Crippen LogP contribution >= 0.6 is 0 Å². The van der Waals surface area contributed by atoms with Gasteiger partial charge in [-0.3, -0.25) is 0 Å². The van der Waals surface area contributed by atoms with Crippen LogP contribution in [0.1, 0.15) is 22.8 Å². The van der Waals surface area contributed by atoms with Gasteiger partial charge in [-0.05, 0) is 31.2 Å². The SMILES string of the molecule is CCOC(=O)c1ccc(NCc2ccc(OC)cc2OC)nc1N. The van der Waals surface area contributed by atoms with Crippen LogP contribution in [-0.4, -0.2) is 31.8 Å². The molecule has 2 aromatic rings. The third kappa shape index (κ3) is 4.07. The highest BCUT2D eigenvalue weighted by molar-refractivity contribution is 5.94. The van der Waals surface area contributed by atoms with Crippen LogP contribution in [0.5, 0.6) is 11.5 Å². The fraction of sp³-hybridized carbons (Fsp3) is 0.294. The Morgan fingerprint density at radius 3 is 2.62 bits per heavy atom. The average molecular weight is 331 g/mol. The number of nitrogen functional groups attached to an aromatic ring is 1. The van der Waals surface area contributed by atoms with Crippen molar-refractivity contribution in [1.29, 1.82) is 0 Å². The van der Waals surface area contributed by atoms with Crippen LogP contribution in [0, 0.1) is 0 Å². The maximum Gasteiger partial charge on any atom is 0.341 e. The van der Waals surface area contributed by atoms with Crippen molar-refractivity contribution in [3.63, 3.8) is 0 Å². The van der Waals surface area contributed by atoms with Crippen molar-refractivity contribution in [2.45, 2.75) is 13.5 Å². The first-order chi connectivity index (χ1) is 11.6. The zero-order valence-electron chi connectivity index (χ0n) is 14.0. The van der Waals surface area contributed by atoms with Gasteiger partial charge in [-0.2, -0.15) is 0 Å². The van der Waals surface area contributed by atoms with Crippen molar-refractivity contribution < 1.29 is 19.0 Å². The van der Waals surface area contributed by atoms with E-state index in [2.05, 4.69) is 10.3 Å². The molecule has 0 saturated carbocycles. The molecule has 0 bridgehead atoms. The van der Waals surface area contributed by atoms with Gasteiger partial charge in [0.05, 0.1) is 20.8 Å². The standard InChI is InChI=1S/C17H21N3O4/c1-4-24-17(21)13-7-8-15(20-16(13)18)19-10-11-5-6-12(22-2)9-14(11)23-3/h5-9H,4,10H2,1-3H3,(H3,18,19,20). The lowest BCUT2D eigenvalue weighted by Crippen LogP contribution is -2.11. The maximum atomic E-state index is 11.7. The predicted molar refractivity (Wildman–Crippen MR) is 91.5 cm³/mol. The van der Waals surface area contributed by atoms with Crippen LogP contribution in [0.2, 0.25) is 0 Å². The van der Waals surface area contributed by atoms with E-state index in [0.717, 1.165) is 11.3 Å². The third-order valence-electron chi connectivity index (χ3n) is 3.37. The van der Waals surface area contributed by atoms with Crippen LogP contribution in [0.25, 0.3) is 0 Å². The summed E-state index contributed by atoms with van der Waals surface area (Å²) in [6.45, 7) is 2.51. The van der Waals surface area contributed by atoms with Crippen molar-refractivity contribution >= 4 is 17.6 Å². The number of carbonyl (C=O) groups is 1. The molecule has 1 heterocycles. The molecule has 7 heteroatoms. The number of nitrogens with zero attached hydrogens (tertiary/aromatic N) is 1. The average Bonchev–Trinajstić information content (AvgIpc) is 2.60. The van der Waals surface area contributed by atoms with Gasteiger partial charge in [-0.1, -0.05) is 0 Å². The lowest BCUT2D eigenvalue weighted by Gasteiger charge is -2.12. The predicted octanol–water partition coefficient (Wildman–Crippen LogP) is 2.47. The Morgan fingerprint density at radius 1 is 1.21 bits per heavy atom. The Labute approximate surface area is 140 Å². The number of esters is 1. The van der Waals surface area contributed by atoms with E-state index in [9.17, 15) is 4.79 Å². The molecule has 0 aliphatic rings. The molecule has 1 aromatic heterocycles. The second-order valence-electron chi connectivity index (χ2n) is 4.88. The number of methoxy groups -OCH3 is 2. The fourth-order valence-electron chi connectivity index (χ4n) is 2.14. The molecular weight excluding hydrogens is 310 g/mol. The van der Waals surface area contributed by atoms with Crippen molar-refractivity contribution in [3.05, 3.63) is 41.5 Å². The van der Waals surface area contributed by atoms with Gasteiger partial charge in [0, 0.05) is 18.2 Å². The number of anilines is 2. The highest BCUT2D eigenvalue weighted by atomic mass is 16.5. The Bertz CT molecular complexity index is 719. The van der Waals surface area contributed by atoms with E-state index in [4.69, 9.17) is 19.9 Å². The summed E-state index contributed by atoms with van der Waals surface area (Å²) < 4.78 is 15.4. The van der Waals surface area contributed by atoms with E-state index in [0.29, 0.717) is 18.1 Å². The summed E-state index contributed by atoms with van der Waals surface area (Å²) in [6, 6.07) is 8.83. The lowest BCUT2D eigenvalue weighted by molar-refractivity contribution is 0.0527. The van der Waals surface area contributed by atoms with Gasteiger partial charge in [-0.15, -0.1) is 0 Å². The fourth-order valence-corrected chi connectivity index (χ4v) is 2.14. The molecule has 0 aliphatic heterocycles. The Balaban J connectivity index is 2.10. The minimum atomic E-state index is -0.481. The van der Waals surface area contributed by atoms with Crippen LogP contribution in [0.15, 0.2) is 30.3 Å². The van der Waals surface area contributed by atoms with Gasteiger partial charge >= 0.3 is 5.97 Å². The van der Waals surface area contributed by atoms with E-state index in [1.54, 1.807) is 33.3 Å². The van der Waals surface area contributed by atoms with Crippen molar-refractivity contribution in [3.8, 4) is 11.5 Å². The highest BCUT2D eigenvalue weighted by Crippen LogP contribution is 2.25. The first kappa shape index (κ1) is 17.4. The molecule has 0 aliphatic carbocycles.